The van der Waals surface area contributed by atoms with Crippen LogP contribution in [0.15, 0.2) is 83.8 Å². The van der Waals surface area contributed by atoms with Crippen LogP contribution >= 0.6 is 11.8 Å². The molecule has 0 aliphatic carbocycles. The van der Waals surface area contributed by atoms with Crippen molar-refractivity contribution in [2.45, 2.75) is 30.5 Å². The molecule has 0 spiro atoms. The molecule has 0 radical (unpaired) electrons. The van der Waals surface area contributed by atoms with E-state index in [0.717, 1.165) is 11.3 Å². The molecule has 0 aromatic heterocycles. The summed E-state index contributed by atoms with van der Waals surface area (Å²) in [6, 6.07) is 25.5. The third-order valence-electron chi connectivity index (χ3n) is 4.45. The van der Waals surface area contributed by atoms with Crippen LogP contribution in [0.5, 0.6) is 0 Å². The van der Waals surface area contributed by atoms with Gasteiger partial charge in [0, 0.05) is 34.9 Å². The monoisotopic (exact) mass is 404 g/mol. The Balaban J connectivity index is 1.57. The number of hydrogen-bond acceptors (Lipinski definition) is 3. The van der Waals surface area contributed by atoms with Crippen LogP contribution in [0.4, 0.5) is 5.69 Å². The normalized spacial score (nSPS) is 11.5. The molecular formula is C24H24N2O2S. The average Bonchev–Trinajstić information content (AvgIpc) is 2.74. The molecule has 0 aliphatic rings. The molecule has 1 unspecified atom stereocenters. The van der Waals surface area contributed by atoms with Crippen molar-refractivity contribution in [3.8, 4) is 0 Å². The lowest BCUT2D eigenvalue weighted by Gasteiger charge is -2.13. The summed E-state index contributed by atoms with van der Waals surface area (Å²) in [7, 11) is 0. The van der Waals surface area contributed by atoms with E-state index >= 15 is 0 Å². The second-order valence-corrected chi connectivity index (χ2v) is 8.17. The Morgan fingerprint density at radius 1 is 0.897 bits per heavy atom. The van der Waals surface area contributed by atoms with Crippen LogP contribution < -0.4 is 10.6 Å². The second-order valence-electron chi connectivity index (χ2n) is 6.76. The summed E-state index contributed by atoms with van der Waals surface area (Å²) in [5.41, 5.74) is 3.50. The number of carbonyl (C=O) groups excluding carboxylic acids is 2. The lowest BCUT2D eigenvalue weighted by molar-refractivity contribution is -0.119. The molecule has 0 fully saturated rings. The van der Waals surface area contributed by atoms with E-state index in [1.54, 1.807) is 23.9 Å². The smallest absolute Gasteiger partial charge is 0.255 e. The molecule has 148 valence electrons. The van der Waals surface area contributed by atoms with Crippen molar-refractivity contribution in [3.63, 3.8) is 0 Å². The number of amides is 2. The lowest BCUT2D eigenvalue weighted by atomic mass is 10.1. The third kappa shape index (κ3) is 6.22. The SMILES string of the molecule is CC(=O)NCc1ccc(C(=O)Nc2ccc(C(C)Sc3ccccc3)cc2)cc1. The highest BCUT2D eigenvalue weighted by Gasteiger charge is 2.09. The Morgan fingerprint density at radius 3 is 2.17 bits per heavy atom. The van der Waals surface area contributed by atoms with Crippen molar-refractivity contribution in [2.24, 2.45) is 0 Å². The summed E-state index contributed by atoms with van der Waals surface area (Å²) in [6.45, 7) is 4.11. The van der Waals surface area contributed by atoms with Crippen molar-refractivity contribution in [3.05, 3.63) is 95.6 Å². The molecule has 3 aromatic carbocycles. The molecule has 4 nitrogen and oxygen atoms in total. The van der Waals surface area contributed by atoms with Gasteiger partial charge in [-0.1, -0.05) is 42.5 Å². The molecule has 29 heavy (non-hydrogen) atoms. The molecule has 3 rings (SSSR count). The van der Waals surface area contributed by atoms with Gasteiger partial charge in [-0.05, 0) is 54.4 Å². The first-order valence-electron chi connectivity index (χ1n) is 9.47. The molecule has 0 heterocycles. The quantitative estimate of drug-likeness (QED) is 0.516. The zero-order chi connectivity index (χ0) is 20.6. The Kier molecular flexibility index (Phi) is 7.09. The Bertz CT molecular complexity index is 954. The van der Waals surface area contributed by atoms with Crippen molar-refractivity contribution >= 4 is 29.3 Å². The molecule has 5 heteroatoms. The highest BCUT2D eigenvalue weighted by Crippen LogP contribution is 2.34. The summed E-state index contributed by atoms with van der Waals surface area (Å²) < 4.78 is 0. The van der Waals surface area contributed by atoms with E-state index in [1.807, 2.05) is 54.6 Å². The molecule has 0 saturated carbocycles. The summed E-state index contributed by atoms with van der Waals surface area (Å²) in [5.74, 6) is -0.234. The van der Waals surface area contributed by atoms with Gasteiger partial charge in [0.05, 0.1) is 0 Å². The van der Waals surface area contributed by atoms with Crippen LogP contribution in [0.2, 0.25) is 0 Å². The fraction of sp³-hybridized carbons (Fsp3) is 0.167. The van der Waals surface area contributed by atoms with E-state index in [2.05, 4.69) is 29.7 Å². The largest absolute Gasteiger partial charge is 0.352 e. The predicted molar refractivity (Wildman–Crippen MR) is 119 cm³/mol. The average molecular weight is 405 g/mol. The first-order valence-corrected chi connectivity index (χ1v) is 10.4. The minimum atomic E-state index is -0.157. The number of rotatable bonds is 7. The van der Waals surface area contributed by atoms with E-state index in [0.29, 0.717) is 17.4 Å². The van der Waals surface area contributed by atoms with Gasteiger partial charge >= 0.3 is 0 Å². The maximum absolute atomic E-state index is 12.5. The fourth-order valence-electron chi connectivity index (χ4n) is 2.81. The molecule has 0 aliphatic heterocycles. The van der Waals surface area contributed by atoms with Crippen LogP contribution in [-0.4, -0.2) is 11.8 Å². The Morgan fingerprint density at radius 2 is 1.55 bits per heavy atom. The lowest BCUT2D eigenvalue weighted by Crippen LogP contribution is -2.19. The van der Waals surface area contributed by atoms with E-state index in [1.165, 1.54) is 17.4 Å². The van der Waals surface area contributed by atoms with Crippen LogP contribution in [-0.2, 0) is 11.3 Å². The van der Waals surface area contributed by atoms with Crippen LogP contribution in [0.1, 0.15) is 40.6 Å². The van der Waals surface area contributed by atoms with Gasteiger partial charge < -0.3 is 10.6 Å². The van der Waals surface area contributed by atoms with Gasteiger partial charge in [0.2, 0.25) is 5.91 Å². The summed E-state index contributed by atoms with van der Waals surface area (Å²) in [5, 5.41) is 5.98. The van der Waals surface area contributed by atoms with Gasteiger partial charge in [-0.25, -0.2) is 0 Å². The summed E-state index contributed by atoms with van der Waals surface area (Å²) in [6.07, 6.45) is 0. The minimum Gasteiger partial charge on any atom is -0.352 e. The molecule has 2 N–H and O–H groups in total. The van der Waals surface area contributed by atoms with Crippen molar-refractivity contribution in [1.29, 1.82) is 0 Å². The van der Waals surface area contributed by atoms with Crippen LogP contribution in [0.3, 0.4) is 0 Å². The number of thioether (sulfide) groups is 1. The van der Waals surface area contributed by atoms with Crippen LogP contribution in [0.25, 0.3) is 0 Å². The van der Waals surface area contributed by atoms with Gasteiger partial charge in [-0.3, -0.25) is 9.59 Å². The van der Waals surface area contributed by atoms with Gasteiger partial charge in [0.15, 0.2) is 0 Å². The predicted octanol–water partition coefficient (Wildman–Crippen LogP) is 5.43. The first kappa shape index (κ1) is 20.7. The molecule has 1 atom stereocenters. The van der Waals surface area contributed by atoms with Crippen molar-refractivity contribution < 1.29 is 9.59 Å². The van der Waals surface area contributed by atoms with Gasteiger partial charge in [0.25, 0.3) is 5.91 Å². The maximum Gasteiger partial charge on any atom is 0.255 e. The number of hydrogen-bond donors (Lipinski definition) is 2. The van der Waals surface area contributed by atoms with E-state index < -0.39 is 0 Å². The highest BCUT2D eigenvalue weighted by molar-refractivity contribution is 7.99. The summed E-state index contributed by atoms with van der Waals surface area (Å²) >= 11 is 1.81. The number of benzene rings is 3. The molecule has 0 bridgehead atoms. The van der Waals surface area contributed by atoms with Crippen molar-refractivity contribution in [1.82, 2.24) is 5.32 Å². The Labute approximate surface area is 175 Å². The standard InChI is InChI=1S/C24H24N2O2S/c1-17(29-23-6-4-3-5-7-23)20-12-14-22(15-13-20)26-24(28)21-10-8-19(9-11-21)16-25-18(2)27/h3-15,17H,16H2,1-2H3,(H,25,27)(H,26,28). The number of anilines is 1. The second kappa shape index (κ2) is 9.94. The molecule has 3 aromatic rings. The van der Waals surface area contributed by atoms with Gasteiger partial charge in [-0.15, -0.1) is 11.8 Å². The van der Waals surface area contributed by atoms with E-state index in [-0.39, 0.29) is 11.8 Å². The zero-order valence-electron chi connectivity index (χ0n) is 16.5. The van der Waals surface area contributed by atoms with Crippen molar-refractivity contribution in [2.75, 3.05) is 5.32 Å². The third-order valence-corrected chi connectivity index (χ3v) is 5.62. The molecule has 2 amide bonds. The minimum absolute atomic E-state index is 0.0771. The topological polar surface area (TPSA) is 58.2 Å². The zero-order valence-corrected chi connectivity index (χ0v) is 17.3. The van der Waals surface area contributed by atoms with E-state index in [9.17, 15) is 9.59 Å². The maximum atomic E-state index is 12.5. The Hall–Kier alpha value is -3.05. The van der Waals surface area contributed by atoms with Gasteiger partial charge in [-0.2, -0.15) is 0 Å². The highest BCUT2D eigenvalue weighted by atomic mass is 32.2. The van der Waals surface area contributed by atoms with Crippen LogP contribution in [0, 0.1) is 0 Å². The molecular weight excluding hydrogens is 380 g/mol. The number of nitrogens with one attached hydrogen (secondary N) is 2. The fourth-order valence-corrected chi connectivity index (χ4v) is 3.83. The first-order chi connectivity index (χ1) is 14.0. The molecule has 0 saturated heterocycles. The van der Waals surface area contributed by atoms with Gasteiger partial charge in [0.1, 0.15) is 0 Å². The van der Waals surface area contributed by atoms with E-state index in [4.69, 9.17) is 0 Å². The summed E-state index contributed by atoms with van der Waals surface area (Å²) in [4.78, 5) is 24.7. The number of carbonyl (C=O) groups is 2.